The maximum atomic E-state index is 11.6. The van der Waals surface area contributed by atoms with Gasteiger partial charge in [0.1, 0.15) is 0 Å². The zero-order valence-corrected chi connectivity index (χ0v) is 9.48. The van der Waals surface area contributed by atoms with Gasteiger partial charge in [-0.2, -0.15) is 0 Å². The molecule has 0 aliphatic carbocycles. The quantitative estimate of drug-likeness (QED) is 0.778. The first-order chi connectivity index (χ1) is 7.70. The molecule has 1 aromatic heterocycles. The van der Waals surface area contributed by atoms with Crippen molar-refractivity contribution in [2.75, 3.05) is 14.2 Å². The molecule has 0 fully saturated rings. The number of fused-ring (bicyclic) bond motifs is 1. The molecule has 4 nitrogen and oxygen atoms in total. The zero-order valence-electron chi connectivity index (χ0n) is 9.48. The van der Waals surface area contributed by atoms with Crippen LogP contribution in [0.25, 0.3) is 10.9 Å². The van der Waals surface area contributed by atoms with Crippen LogP contribution in [0.15, 0.2) is 24.3 Å². The van der Waals surface area contributed by atoms with Crippen LogP contribution in [0.4, 0.5) is 0 Å². The predicted molar refractivity (Wildman–Crippen MR) is 61.3 cm³/mol. The minimum Gasteiger partial charge on any atom is -0.491 e. The third-order valence-electron chi connectivity index (χ3n) is 2.50. The summed E-state index contributed by atoms with van der Waals surface area (Å²) in [6, 6.07) is 7.54. The molecule has 84 valence electrons. The van der Waals surface area contributed by atoms with Crippen molar-refractivity contribution in [2.45, 2.75) is 6.92 Å². The Balaban J connectivity index is 2.90. The van der Waals surface area contributed by atoms with E-state index < -0.39 is 0 Å². The number of aromatic nitrogens is 1. The molecule has 0 aliphatic rings. The fraction of sp³-hybridized carbons (Fsp3) is 0.250. The van der Waals surface area contributed by atoms with Gasteiger partial charge >= 0.3 is 0 Å². The molecule has 0 radical (unpaired) electrons. The maximum Gasteiger partial charge on any atom is 0.245 e. The summed E-state index contributed by atoms with van der Waals surface area (Å²) in [6.45, 7) is 1.49. The van der Waals surface area contributed by atoms with Crippen molar-refractivity contribution >= 4 is 16.8 Å². The van der Waals surface area contributed by atoms with Crippen LogP contribution in [0.2, 0.25) is 0 Å². The van der Waals surface area contributed by atoms with E-state index in [1.165, 1.54) is 18.6 Å². The van der Waals surface area contributed by atoms with Crippen molar-refractivity contribution in [3.63, 3.8) is 0 Å². The summed E-state index contributed by atoms with van der Waals surface area (Å²) in [5.41, 5.74) is 0.795. The lowest BCUT2D eigenvalue weighted by atomic mass is 10.2. The summed E-state index contributed by atoms with van der Waals surface area (Å²) in [5, 5.41) is 0.872. The summed E-state index contributed by atoms with van der Waals surface area (Å²) in [6.07, 6.45) is 0. The summed E-state index contributed by atoms with van der Waals surface area (Å²) >= 11 is 0. The summed E-state index contributed by atoms with van der Waals surface area (Å²) in [7, 11) is 3.09. The lowest BCUT2D eigenvalue weighted by Gasteiger charge is -2.05. The van der Waals surface area contributed by atoms with Crippen LogP contribution >= 0.6 is 0 Å². The van der Waals surface area contributed by atoms with Gasteiger partial charge in [0, 0.05) is 12.3 Å². The monoisotopic (exact) mass is 219 g/mol. The highest BCUT2D eigenvalue weighted by Crippen LogP contribution is 2.38. The van der Waals surface area contributed by atoms with Crippen molar-refractivity contribution in [1.82, 2.24) is 4.57 Å². The van der Waals surface area contributed by atoms with Crippen LogP contribution in [-0.4, -0.2) is 24.7 Å². The number of carbonyl (C=O) groups is 1. The van der Waals surface area contributed by atoms with Crippen molar-refractivity contribution in [3.8, 4) is 11.6 Å². The van der Waals surface area contributed by atoms with E-state index in [0.29, 0.717) is 11.6 Å². The number of hydrogen-bond donors (Lipinski definition) is 0. The number of methoxy groups -OCH3 is 2. The summed E-state index contributed by atoms with van der Waals surface area (Å²) in [4.78, 5) is 11.6. The van der Waals surface area contributed by atoms with Crippen LogP contribution in [0.5, 0.6) is 11.6 Å². The second-order valence-electron chi connectivity index (χ2n) is 3.41. The fourth-order valence-corrected chi connectivity index (χ4v) is 1.88. The second kappa shape index (κ2) is 3.89. The van der Waals surface area contributed by atoms with Crippen molar-refractivity contribution in [3.05, 3.63) is 24.3 Å². The van der Waals surface area contributed by atoms with Gasteiger partial charge in [-0.05, 0) is 12.1 Å². The SMILES string of the molecule is COc1c(OC)n(C(C)=O)c2ccccc12. The molecule has 4 heteroatoms. The van der Waals surface area contributed by atoms with E-state index in [9.17, 15) is 4.79 Å². The molecule has 2 rings (SSSR count). The molecule has 0 unspecified atom stereocenters. The number of benzene rings is 1. The molecule has 0 amide bonds. The Hall–Kier alpha value is -1.97. The number of ether oxygens (including phenoxy) is 2. The number of carbonyl (C=O) groups excluding carboxylic acids is 1. The Morgan fingerprint density at radius 1 is 1.19 bits per heavy atom. The Morgan fingerprint density at radius 2 is 1.88 bits per heavy atom. The van der Waals surface area contributed by atoms with Gasteiger partial charge in [-0.3, -0.25) is 4.79 Å². The van der Waals surface area contributed by atoms with Gasteiger partial charge in [0.2, 0.25) is 11.8 Å². The third-order valence-corrected chi connectivity index (χ3v) is 2.50. The maximum absolute atomic E-state index is 11.6. The van der Waals surface area contributed by atoms with Gasteiger partial charge < -0.3 is 9.47 Å². The molecule has 0 N–H and O–H groups in total. The molecule has 0 saturated heterocycles. The smallest absolute Gasteiger partial charge is 0.245 e. The lowest BCUT2D eigenvalue weighted by molar-refractivity contribution is 0.0931. The van der Waals surface area contributed by atoms with E-state index in [4.69, 9.17) is 9.47 Å². The molecule has 2 aromatic rings. The first-order valence-electron chi connectivity index (χ1n) is 4.93. The van der Waals surface area contributed by atoms with Crippen LogP contribution in [0.1, 0.15) is 11.7 Å². The minimum atomic E-state index is -0.101. The Bertz CT molecular complexity index is 542. The molecule has 16 heavy (non-hydrogen) atoms. The first-order valence-corrected chi connectivity index (χ1v) is 4.93. The van der Waals surface area contributed by atoms with Crippen molar-refractivity contribution < 1.29 is 14.3 Å². The molecule has 1 heterocycles. The Morgan fingerprint density at radius 3 is 2.44 bits per heavy atom. The summed E-state index contributed by atoms with van der Waals surface area (Å²) in [5.74, 6) is 0.931. The van der Waals surface area contributed by atoms with Crippen LogP contribution in [-0.2, 0) is 0 Å². The number of para-hydroxylation sites is 1. The van der Waals surface area contributed by atoms with E-state index >= 15 is 0 Å². The molecule has 1 aromatic carbocycles. The van der Waals surface area contributed by atoms with Gasteiger partial charge in [0.15, 0.2) is 5.75 Å². The minimum absolute atomic E-state index is 0.101. The normalized spacial score (nSPS) is 10.4. The molecular formula is C12H13NO3. The van der Waals surface area contributed by atoms with Gasteiger partial charge in [0.05, 0.1) is 19.7 Å². The average molecular weight is 219 g/mol. The van der Waals surface area contributed by atoms with E-state index in [2.05, 4.69) is 0 Å². The standard InChI is InChI=1S/C12H13NO3/c1-8(14)13-10-7-5-4-6-9(10)11(15-2)12(13)16-3/h4-7H,1-3H3. The molecule has 0 spiro atoms. The molecule has 0 aliphatic heterocycles. The highest BCUT2D eigenvalue weighted by molar-refractivity contribution is 5.98. The number of nitrogens with zero attached hydrogens (tertiary/aromatic N) is 1. The lowest BCUT2D eigenvalue weighted by Crippen LogP contribution is -2.07. The van der Waals surface area contributed by atoms with Crippen molar-refractivity contribution in [1.29, 1.82) is 0 Å². The third kappa shape index (κ3) is 1.34. The molecule has 0 saturated carbocycles. The average Bonchev–Trinajstić information content (AvgIpc) is 2.62. The first kappa shape index (κ1) is 10.5. The topological polar surface area (TPSA) is 40.5 Å². The van der Waals surface area contributed by atoms with Gasteiger partial charge in [-0.15, -0.1) is 0 Å². The molecular weight excluding hydrogens is 206 g/mol. The van der Waals surface area contributed by atoms with E-state index in [-0.39, 0.29) is 5.91 Å². The largest absolute Gasteiger partial charge is 0.491 e. The Kier molecular flexibility index (Phi) is 2.56. The molecule has 0 atom stereocenters. The number of hydrogen-bond acceptors (Lipinski definition) is 3. The van der Waals surface area contributed by atoms with Gasteiger partial charge in [-0.25, -0.2) is 4.57 Å². The van der Waals surface area contributed by atoms with Gasteiger partial charge in [0.25, 0.3) is 0 Å². The van der Waals surface area contributed by atoms with Gasteiger partial charge in [-0.1, -0.05) is 12.1 Å². The Labute approximate surface area is 93.4 Å². The summed E-state index contributed by atoms with van der Waals surface area (Å²) < 4.78 is 12.0. The van der Waals surface area contributed by atoms with E-state index in [1.807, 2.05) is 24.3 Å². The van der Waals surface area contributed by atoms with Crippen LogP contribution < -0.4 is 9.47 Å². The second-order valence-corrected chi connectivity index (χ2v) is 3.41. The highest BCUT2D eigenvalue weighted by atomic mass is 16.5. The fourth-order valence-electron chi connectivity index (χ4n) is 1.88. The highest BCUT2D eigenvalue weighted by Gasteiger charge is 2.20. The van der Waals surface area contributed by atoms with E-state index in [0.717, 1.165) is 10.9 Å². The zero-order chi connectivity index (χ0) is 11.7. The molecule has 0 bridgehead atoms. The predicted octanol–water partition coefficient (Wildman–Crippen LogP) is 2.32. The number of rotatable bonds is 2. The van der Waals surface area contributed by atoms with Crippen LogP contribution in [0.3, 0.4) is 0 Å². The van der Waals surface area contributed by atoms with E-state index in [1.54, 1.807) is 7.11 Å². The van der Waals surface area contributed by atoms with Crippen molar-refractivity contribution in [2.24, 2.45) is 0 Å². The van der Waals surface area contributed by atoms with Crippen LogP contribution in [0, 0.1) is 0 Å².